The van der Waals surface area contributed by atoms with Crippen LogP contribution in [-0.2, 0) is 11.3 Å². The van der Waals surface area contributed by atoms with E-state index >= 15 is 0 Å². The summed E-state index contributed by atoms with van der Waals surface area (Å²) in [5.41, 5.74) is 1.31. The fourth-order valence-corrected chi connectivity index (χ4v) is 2.94. The predicted octanol–water partition coefficient (Wildman–Crippen LogP) is 2.34. The number of ether oxygens (including phenoxy) is 1. The van der Waals surface area contributed by atoms with Crippen LogP contribution >= 0.6 is 0 Å². The minimum atomic E-state index is -0.283. The normalized spacial score (nSPS) is 11.9. The number of likely N-dealkylation sites (N-methyl/N-ethyl adjacent to an activating group) is 1. The lowest BCUT2D eigenvalue weighted by molar-refractivity contribution is 0.180. The van der Waals surface area contributed by atoms with Gasteiger partial charge in [0.2, 0.25) is 0 Å². The quantitative estimate of drug-likeness (QED) is 0.342. The molecule has 2 aromatic rings. The van der Waals surface area contributed by atoms with Crippen molar-refractivity contribution in [2.75, 3.05) is 46.9 Å². The molecule has 0 radical (unpaired) electrons. The first kappa shape index (κ1) is 22.8. The number of guanidine groups is 1. The number of aromatic nitrogens is 2. The second-order valence-electron chi connectivity index (χ2n) is 6.90. The van der Waals surface area contributed by atoms with Gasteiger partial charge in [-0.05, 0) is 45.0 Å². The molecule has 0 aliphatic carbocycles. The smallest absolute Gasteiger partial charge is 0.191 e. The second kappa shape index (κ2) is 12.2. The third-order valence-corrected chi connectivity index (χ3v) is 4.54. The molecule has 0 unspecified atom stereocenters. The summed E-state index contributed by atoms with van der Waals surface area (Å²) in [4.78, 5) is 11.0. The van der Waals surface area contributed by atoms with Gasteiger partial charge in [0.25, 0.3) is 0 Å². The van der Waals surface area contributed by atoms with Crippen LogP contribution in [0, 0.1) is 12.7 Å². The molecule has 1 aromatic heterocycles. The molecular weight excluding hydrogens is 371 g/mol. The summed E-state index contributed by atoms with van der Waals surface area (Å²) in [6.45, 7) is 8.49. The SMILES string of the molecule is CCNC(=NCc1ccc(-n2ccnc2C)c(F)c1)NCCN(C)CCCOC. The number of imidazole rings is 1. The van der Waals surface area contributed by atoms with Crippen molar-refractivity contribution in [3.63, 3.8) is 0 Å². The number of halogens is 1. The molecule has 1 aromatic carbocycles. The van der Waals surface area contributed by atoms with E-state index in [-0.39, 0.29) is 5.82 Å². The summed E-state index contributed by atoms with van der Waals surface area (Å²) < 4.78 is 21.4. The van der Waals surface area contributed by atoms with Gasteiger partial charge in [0.15, 0.2) is 5.96 Å². The van der Waals surface area contributed by atoms with Crippen LogP contribution in [0.3, 0.4) is 0 Å². The highest BCUT2D eigenvalue weighted by atomic mass is 19.1. The zero-order valence-electron chi connectivity index (χ0n) is 17.9. The molecule has 160 valence electrons. The highest BCUT2D eigenvalue weighted by Crippen LogP contribution is 2.17. The van der Waals surface area contributed by atoms with Gasteiger partial charge in [0.05, 0.1) is 12.2 Å². The molecule has 0 aliphatic rings. The van der Waals surface area contributed by atoms with E-state index in [1.165, 1.54) is 6.07 Å². The van der Waals surface area contributed by atoms with Crippen molar-refractivity contribution >= 4 is 5.96 Å². The number of aryl methyl sites for hydroxylation is 1. The molecule has 29 heavy (non-hydrogen) atoms. The van der Waals surface area contributed by atoms with Crippen LogP contribution in [0.15, 0.2) is 35.6 Å². The molecule has 7 nitrogen and oxygen atoms in total. The fourth-order valence-electron chi connectivity index (χ4n) is 2.94. The molecule has 2 rings (SSSR count). The van der Waals surface area contributed by atoms with Crippen LogP contribution in [0.25, 0.3) is 5.69 Å². The number of nitrogens with zero attached hydrogens (tertiary/aromatic N) is 4. The summed E-state index contributed by atoms with van der Waals surface area (Å²) in [7, 11) is 3.81. The largest absolute Gasteiger partial charge is 0.385 e. The molecule has 0 spiro atoms. The van der Waals surface area contributed by atoms with Gasteiger partial charge in [-0.25, -0.2) is 14.4 Å². The average Bonchev–Trinajstić information content (AvgIpc) is 3.12. The third kappa shape index (κ3) is 7.47. The average molecular weight is 405 g/mol. The maximum Gasteiger partial charge on any atom is 0.191 e. The van der Waals surface area contributed by atoms with Crippen LogP contribution in [0.4, 0.5) is 4.39 Å². The Balaban J connectivity index is 1.90. The zero-order chi connectivity index (χ0) is 21.1. The predicted molar refractivity (Wildman–Crippen MR) is 115 cm³/mol. The van der Waals surface area contributed by atoms with Gasteiger partial charge in [0.1, 0.15) is 11.6 Å². The molecule has 0 atom stereocenters. The number of rotatable bonds is 11. The van der Waals surface area contributed by atoms with Crippen molar-refractivity contribution in [3.05, 3.63) is 47.8 Å². The number of benzene rings is 1. The Morgan fingerprint density at radius 2 is 2.14 bits per heavy atom. The fraction of sp³-hybridized carbons (Fsp3) is 0.524. The van der Waals surface area contributed by atoms with Crippen molar-refractivity contribution < 1.29 is 9.13 Å². The van der Waals surface area contributed by atoms with Crippen LogP contribution < -0.4 is 10.6 Å². The standard InChI is InChI=1S/C21H33FN6O/c1-5-23-21(25-9-12-27(3)11-6-14-29-4)26-16-18-7-8-20(19(22)15-18)28-13-10-24-17(28)2/h7-8,10,13,15H,5-6,9,11-12,14,16H2,1-4H3,(H2,23,25,26). The Kier molecular flexibility index (Phi) is 9.59. The molecule has 0 aliphatic heterocycles. The first-order valence-electron chi connectivity index (χ1n) is 10.0. The van der Waals surface area contributed by atoms with Gasteiger partial charge in [-0.2, -0.15) is 0 Å². The van der Waals surface area contributed by atoms with Gasteiger partial charge >= 0.3 is 0 Å². The van der Waals surface area contributed by atoms with Gasteiger partial charge in [-0.15, -0.1) is 0 Å². The van der Waals surface area contributed by atoms with E-state index in [9.17, 15) is 4.39 Å². The molecule has 0 saturated heterocycles. The summed E-state index contributed by atoms with van der Waals surface area (Å²) >= 11 is 0. The molecule has 1 heterocycles. The highest BCUT2D eigenvalue weighted by Gasteiger charge is 2.08. The van der Waals surface area contributed by atoms with E-state index < -0.39 is 0 Å². The Morgan fingerprint density at radius 3 is 2.79 bits per heavy atom. The molecule has 2 N–H and O–H groups in total. The molecule has 8 heteroatoms. The number of hydrogen-bond acceptors (Lipinski definition) is 4. The maximum atomic E-state index is 14.5. The number of hydrogen-bond donors (Lipinski definition) is 2. The Hall–Kier alpha value is -2.45. The number of nitrogens with one attached hydrogen (secondary N) is 2. The summed E-state index contributed by atoms with van der Waals surface area (Å²) in [5, 5.41) is 6.56. The minimum Gasteiger partial charge on any atom is -0.385 e. The zero-order valence-corrected chi connectivity index (χ0v) is 17.9. The van der Waals surface area contributed by atoms with Crippen molar-refractivity contribution in [1.29, 1.82) is 0 Å². The van der Waals surface area contributed by atoms with E-state index in [4.69, 9.17) is 4.74 Å². The van der Waals surface area contributed by atoms with Crippen LogP contribution in [0.5, 0.6) is 0 Å². The molecule has 0 saturated carbocycles. The van der Waals surface area contributed by atoms with E-state index in [1.807, 2.05) is 19.9 Å². The van der Waals surface area contributed by atoms with Crippen molar-refractivity contribution in [3.8, 4) is 5.69 Å². The Labute approximate surface area is 173 Å². The summed E-state index contributed by atoms with van der Waals surface area (Å²) in [6, 6.07) is 5.20. The number of aliphatic imine (C=N–C) groups is 1. The van der Waals surface area contributed by atoms with E-state index in [2.05, 4.69) is 32.6 Å². The van der Waals surface area contributed by atoms with Gasteiger partial charge in [-0.1, -0.05) is 6.07 Å². The minimum absolute atomic E-state index is 0.283. The topological polar surface area (TPSA) is 66.7 Å². The van der Waals surface area contributed by atoms with Gasteiger partial charge < -0.3 is 24.8 Å². The Morgan fingerprint density at radius 1 is 1.31 bits per heavy atom. The molecule has 0 amide bonds. The lowest BCUT2D eigenvalue weighted by atomic mass is 10.2. The van der Waals surface area contributed by atoms with E-state index in [0.717, 1.165) is 56.6 Å². The van der Waals surface area contributed by atoms with Gasteiger partial charge in [-0.3, -0.25) is 0 Å². The van der Waals surface area contributed by atoms with Crippen molar-refractivity contribution in [2.24, 2.45) is 4.99 Å². The van der Waals surface area contributed by atoms with Crippen LogP contribution in [0.2, 0.25) is 0 Å². The lowest BCUT2D eigenvalue weighted by Gasteiger charge is -2.18. The molecule has 0 fully saturated rings. The van der Waals surface area contributed by atoms with Crippen LogP contribution in [-0.4, -0.2) is 67.4 Å². The summed E-state index contributed by atoms with van der Waals surface area (Å²) in [5.74, 6) is 1.20. The van der Waals surface area contributed by atoms with Crippen molar-refractivity contribution in [1.82, 2.24) is 25.1 Å². The first-order chi connectivity index (χ1) is 14.0. The maximum absolute atomic E-state index is 14.5. The van der Waals surface area contributed by atoms with E-state index in [1.54, 1.807) is 30.1 Å². The van der Waals surface area contributed by atoms with E-state index in [0.29, 0.717) is 12.2 Å². The Bertz CT molecular complexity index is 776. The first-order valence-corrected chi connectivity index (χ1v) is 10.0. The monoisotopic (exact) mass is 404 g/mol. The molecular formula is C21H33FN6O. The third-order valence-electron chi connectivity index (χ3n) is 4.54. The van der Waals surface area contributed by atoms with Crippen LogP contribution in [0.1, 0.15) is 24.7 Å². The van der Waals surface area contributed by atoms with Gasteiger partial charge in [0, 0.05) is 52.3 Å². The second-order valence-corrected chi connectivity index (χ2v) is 6.90. The summed E-state index contributed by atoms with van der Waals surface area (Å²) in [6.07, 6.45) is 4.43. The number of methoxy groups -OCH3 is 1. The lowest BCUT2D eigenvalue weighted by Crippen LogP contribution is -2.41. The van der Waals surface area contributed by atoms with Crippen molar-refractivity contribution in [2.45, 2.75) is 26.8 Å². The highest BCUT2D eigenvalue weighted by molar-refractivity contribution is 5.79. The molecule has 0 bridgehead atoms.